The van der Waals surface area contributed by atoms with E-state index in [-0.39, 0.29) is 12.6 Å². The summed E-state index contributed by atoms with van der Waals surface area (Å²) in [6, 6.07) is 10.9. The highest BCUT2D eigenvalue weighted by Crippen LogP contribution is 2.34. The van der Waals surface area contributed by atoms with Crippen LogP contribution in [0.25, 0.3) is 0 Å². The first-order chi connectivity index (χ1) is 13.3. The minimum Gasteiger partial charge on any atom is -0.394 e. The van der Waals surface area contributed by atoms with Crippen molar-refractivity contribution in [1.29, 1.82) is 0 Å². The van der Waals surface area contributed by atoms with E-state index in [4.69, 9.17) is 0 Å². The molecule has 6 heteroatoms. The number of para-hydroxylation sites is 1. The molecular formula is C21H29N5O. The van der Waals surface area contributed by atoms with Crippen LogP contribution in [0.2, 0.25) is 0 Å². The van der Waals surface area contributed by atoms with Crippen LogP contribution in [0.1, 0.15) is 37.2 Å². The largest absolute Gasteiger partial charge is 0.394 e. The van der Waals surface area contributed by atoms with Crippen molar-refractivity contribution in [3.8, 4) is 0 Å². The first-order valence-electron chi connectivity index (χ1n) is 9.99. The standard InChI is InChI=1S/C21H29N5O/c1-25-11-9-16(18-7-2-3-8-19(18)25)13-22-20-12-21(24-15-23-20)26-10-5-4-6-17(26)14-27/h2-3,7-8,12,15-17,27H,4-6,9-11,13-14H2,1H3,(H,22,23,24). The van der Waals surface area contributed by atoms with E-state index in [0.29, 0.717) is 5.92 Å². The predicted molar refractivity (Wildman–Crippen MR) is 110 cm³/mol. The SMILES string of the molecule is CN1CCC(CNc2cc(N3CCCCC3CO)ncn2)c2ccccc21. The maximum atomic E-state index is 9.68. The Bertz CT molecular complexity index is 768. The second-order valence-corrected chi connectivity index (χ2v) is 7.63. The molecule has 0 radical (unpaired) electrons. The molecule has 6 nitrogen and oxygen atoms in total. The number of benzene rings is 1. The van der Waals surface area contributed by atoms with Gasteiger partial charge in [-0.15, -0.1) is 0 Å². The number of rotatable bonds is 5. The molecule has 2 unspecified atom stereocenters. The van der Waals surface area contributed by atoms with E-state index in [1.54, 1.807) is 6.33 Å². The fraction of sp³-hybridized carbons (Fsp3) is 0.524. The molecule has 2 aliphatic rings. The van der Waals surface area contributed by atoms with Gasteiger partial charge in [0, 0.05) is 44.4 Å². The summed E-state index contributed by atoms with van der Waals surface area (Å²) in [5.41, 5.74) is 2.74. The normalized spacial score (nSPS) is 22.4. The number of aromatic nitrogens is 2. The van der Waals surface area contributed by atoms with Gasteiger partial charge in [-0.2, -0.15) is 0 Å². The zero-order chi connectivity index (χ0) is 18.6. The van der Waals surface area contributed by atoms with Crippen molar-refractivity contribution in [1.82, 2.24) is 9.97 Å². The average molecular weight is 367 g/mol. The lowest BCUT2D eigenvalue weighted by Gasteiger charge is -2.35. The average Bonchev–Trinajstić information content (AvgIpc) is 2.74. The van der Waals surface area contributed by atoms with Gasteiger partial charge in [0.05, 0.1) is 12.6 Å². The highest BCUT2D eigenvalue weighted by molar-refractivity contribution is 5.57. The van der Waals surface area contributed by atoms with E-state index in [1.807, 2.05) is 6.07 Å². The lowest BCUT2D eigenvalue weighted by atomic mass is 9.90. The van der Waals surface area contributed by atoms with E-state index < -0.39 is 0 Å². The van der Waals surface area contributed by atoms with Gasteiger partial charge in [0.2, 0.25) is 0 Å². The molecule has 0 saturated carbocycles. The maximum Gasteiger partial charge on any atom is 0.134 e. The summed E-state index contributed by atoms with van der Waals surface area (Å²) >= 11 is 0. The van der Waals surface area contributed by atoms with E-state index in [1.165, 1.54) is 17.7 Å². The Kier molecular flexibility index (Phi) is 5.43. The third-order valence-electron chi connectivity index (χ3n) is 5.92. The van der Waals surface area contributed by atoms with Crippen LogP contribution < -0.4 is 15.1 Å². The highest BCUT2D eigenvalue weighted by Gasteiger charge is 2.24. The summed E-state index contributed by atoms with van der Waals surface area (Å²) in [6.07, 6.45) is 6.11. The monoisotopic (exact) mass is 367 g/mol. The number of hydrogen-bond acceptors (Lipinski definition) is 6. The lowest BCUT2D eigenvalue weighted by Crippen LogP contribution is -2.42. The molecule has 0 bridgehead atoms. The van der Waals surface area contributed by atoms with Gasteiger partial charge >= 0.3 is 0 Å². The van der Waals surface area contributed by atoms with Crippen molar-refractivity contribution in [2.45, 2.75) is 37.6 Å². The van der Waals surface area contributed by atoms with Crippen molar-refractivity contribution < 1.29 is 5.11 Å². The van der Waals surface area contributed by atoms with Crippen molar-refractivity contribution in [2.75, 3.05) is 48.4 Å². The van der Waals surface area contributed by atoms with Crippen molar-refractivity contribution in [3.05, 3.63) is 42.2 Å². The Morgan fingerprint density at radius 3 is 2.93 bits per heavy atom. The van der Waals surface area contributed by atoms with E-state index in [2.05, 4.69) is 56.4 Å². The van der Waals surface area contributed by atoms with E-state index >= 15 is 0 Å². The van der Waals surface area contributed by atoms with E-state index in [0.717, 1.165) is 50.5 Å². The van der Waals surface area contributed by atoms with Gasteiger partial charge in [-0.1, -0.05) is 18.2 Å². The number of aliphatic hydroxyl groups is 1. The second kappa shape index (κ2) is 8.13. The third kappa shape index (κ3) is 3.86. The summed E-state index contributed by atoms with van der Waals surface area (Å²) in [5.74, 6) is 2.25. The number of nitrogens with zero attached hydrogens (tertiary/aromatic N) is 4. The van der Waals surface area contributed by atoms with Crippen LogP contribution in [0, 0.1) is 0 Å². The molecule has 2 aliphatic heterocycles. The Hall–Kier alpha value is -2.34. The molecule has 0 aliphatic carbocycles. The fourth-order valence-electron chi connectivity index (χ4n) is 4.34. The number of nitrogens with one attached hydrogen (secondary N) is 1. The summed E-state index contributed by atoms with van der Waals surface area (Å²) in [7, 11) is 2.16. The van der Waals surface area contributed by atoms with Gasteiger partial charge < -0.3 is 20.2 Å². The van der Waals surface area contributed by atoms with Crippen LogP contribution in [0.5, 0.6) is 0 Å². The van der Waals surface area contributed by atoms with Crippen LogP contribution in [-0.2, 0) is 0 Å². The van der Waals surface area contributed by atoms with Crippen molar-refractivity contribution >= 4 is 17.3 Å². The minimum atomic E-state index is 0.169. The molecule has 1 aromatic carbocycles. The summed E-state index contributed by atoms with van der Waals surface area (Å²) < 4.78 is 0. The summed E-state index contributed by atoms with van der Waals surface area (Å²) in [5, 5.41) is 13.2. The molecule has 1 fully saturated rings. The quantitative estimate of drug-likeness (QED) is 0.847. The third-order valence-corrected chi connectivity index (χ3v) is 5.92. The first-order valence-corrected chi connectivity index (χ1v) is 9.99. The van der Waals surface area contributed by atoms with Gasteiger partial charge in [-0.05, 0) is 37.3 Å². The van der Waals surface area contributed by atoms with Crippen LogP contribution >= 0.6 is 0 Å². The minimum absolute atomic E-state index is 0.169. The number of piperidine rings is 1. The van der Waals surface area contributed by atoms with Crippen LogP contribution in [0.4, 0.5) is 17.3 Å². The summed E-state index contributed by atoms with van der Waals surface area (Å²) in [4.78, 5) is 13.4. The van der Waals surface area contributed by atoms with Gasteiger partial charge in [-0.3, -0.25) is 0 Å². The van der Waals surface area contributed by atoms with Gasteiger partial charge in [0.15, 0.2) is 0 Å². The predicted octanol–water partition coefficient (Wildman–Crippen LogP) is 2.86. The molecule has 1 aromatic heterocycles. The van der Waals surface area contributed by atoms with E-state index in [9.17, 15) is 5.11 Å². The van der Waals surface area contributed by atoms with Gasteiger partial charge in [-0.25, -0.2) is 9.97 Å². The molecule has 2 N–H and O–H groups in total. The molecule has 3 heterocycles. The molecule has 2 atom stereocenters. The number of anilines is 3. The Morgan fingerprint density at radius 2 is 2.04 bits per heavy atom. The second-order valence-electron chi connectivity index (χ2n) is 7.63. The molecule has 1 saturated heterocycles. The summed E-state index contributed by atoms with van der Waals surface area (Å²) in [6.45, 7) is 3.07. The Balaban J connectivity index is 1.46. The van der Waals surface area contributed by atoms with Crippen LogP contribution in [-0.4, -0.2) is 54.4 Å². The fourth-order valence-corrected chi connectivity index (χ4v) is 4.34. The molecule has 2 aromatic rings. The molecule has 144 valence electrons. The number of hydrogen-bond donors (Lipinski definition) is 2. The smallest absolute Gasteiger partial charge is 0.134 e. The molecular weight excluding hydrogens is 338 g/mol. The molecule has 27 heavy (non-hydrogen) atoms. The van der Waals surface area contributed by atoms with Crippen molar-refractivity contribution in [2.24, 2.45) is 0 Å². The highest BCUT2D eigenvalue weighted by atomic mass is 16.3. The van der Waals surface area contributed by atoms with Gasteiger partial charge in [0.25, 0.3) is 0 Å². The Morgan fingerprint density at radius 1 is 1.15 bits per heavy atom. The zero-order valence-electron chi connectivity index (χ0n) is 16.0. The van der Waals surface area contributed by atoms with Crippen LogP contribution in [0.3, 0.4) is 0 Å². The van der Waals surface area contributed by atoms with Gasteiger partial charge in [0.1, 0.15) is 18.0 Å². The molecule has 4 rings (SSSR count). The maximum absolute atomic E-state index is 9.68. The Labute approximate surface area is 161 Å². The molecule has 0 amide bonds. The zero-order valence-corrected chi connectivity index (χ0v) is 16.0. The van der Waals surface area contributed by atoms with Crippen molar-refractivity contribution in [3.63, 3.8) is 0 Å². The number of fused-ring (bicyclic) bond motifs is 1. The number of aliphatic hydroxyl groups excluding tert-OH is 1. The van der Waals surface area contributed by atoms with Crippen LogP contribution in [0.15, 0.2) is 36.7 Å². The lowest BCUT2D eigenvalue weighted by molar-refractivity contribution is 0.239. The molecule has 0 spiro atoms. The topological polar surface area (TPSA) is 64.5 Å². The first kappa shape index (κ1) is 18.0.